The Balaban J connectivity index is 2.25. The summed E-state index contributed by atoms with van der Waals surface area (Å²) in [6, 6.07) is 5.43. The van der Waals surface area contributed by atoms with Gasteiger partial charge in [-0.05, 0) is 50.5 Å². The Kier molecular flexibility index (Phi) is 5.27. The second-order valence-corrected chi connectivity index (χ2v) is 7.80. The van der Waals surface area contributed by atoms with Crippen LogP contribution in [-0.2, 0) is 16.4 Å². The number of hydrogen-bond acceptors (Lipinski definition) is 3. The molecule has 0 bridgehead atoms. The van der Waals surface area contributed by atoms with Gasteiger partial charge in [0.15, 0.2) is 0 Å². The third-order valence-corrected chi connectivity index (χ3v) is 6.02. The van der Waals surface area contributed by atoms with Gasteiger partial charge in [0.1, 0.15) is 0 Å². The lowest BCUT2D eigenvalue weighted by Crippen LogP contribution is -2.37. The molecule has 0 unspecified atom stereocenters. The summed E-state index contributed by atoms with van der Waals surface area (Å²) in [5, 5.41) is 3.26. The highest BCUT2D eigenvalue weighted by molar-refractivity contribution is 7.89. The lowest BCUT2D eigenvalue weighted by atomic mass is 10.2. The number of fused-ring (bicyclic) bond motifs is 1. The molecule has 4 nitrogen and oxygen atoms in total. The van der Waals surface area contributed by atoms with Crippen LogP contribution in [0.2, 0.25) is 0 Å². The number of rotatable bonds is 7. The Morgan fingerprint density at radius 1 is 1.29 bits per heavy atom. The fourth-order valence-corrected chi connectivity index (χ4v) is 4.48. The van der Waals surface area contributed by atoms with Crippen molar-refractivity contribution in [1.29, 1.82) is 0 Å². The minimum Gasteiger partial charge on any atom is -0.384 e. The van der Waals surface area contributed by atoms with Gasteiger partial charge in [-0.2, -0.15) is 4.31 Å². The third kappa shape index (κ3) is 3.58. The minimum absolute atomic E-state index is 0.0155. The Morgan fingerprint density at radius 2 is 2.05 bits per heavy atom. The minimum atomic E-state index is -3.40. The molecule has 0 amide bonds. The van der Waals surface area contributed by atoms with Crippen LogP contribution in [0.5, 0.6) is 0 Å². The van der Waals surface area contributed by atoms with Gasteiger partial charge in [0.05, 0.1) is 4.90 Å². The maximum atomic E-state index is 12.9. The van der Waals surface area contributed by atoms with E-state index < -0.39 is 10.0 Å². The zero-order valence-corrected chi connectivity index (χ0v) is 14.0. The normalized spacial score (nSPS) is 14.5. The van der Waals surface area contributed by atoms with Gasteiger partial charge in [-0.3, -0.25) is 0 Å². The van der Waals surface area contributed by atoms with E-state index in [1.54, 1.807) is 10.4 Å². The molecule has 0 atom stereocenters. The van der Waals surface area contributed by atoms with Crippen molar-refractivity contribution in [2.45, 2.75) is 57.4 Å². The van der Waals surface area contributed by atoms with Crippen LogP contribution in [0.15, 0.2) is 23.1 Å². The summed E-state index contributed by atoms with van der Waals surface area (Å²) < 4.78 is 27.4. The van der Waals surface area contributed by atoms with Crippen LogP contribution in [0.4, 0.5) is 5.69 Å². The van der Waals surface area contributed by atoms with Gasteiger partial charge in [-0.25, -0.2) is 8.42 Å². The molecule has 1 aromatic carbocycles. The Labute approximate surface area is 128 Å². The van der Waals surface area contributed by atoms with Crippen molar-refractivity contribution in [3.8, 4) is 0 Å². The summed E-state index contributed by atoms with van der Waals surface area (Å²) in [7, 11) is -3.40. The van der Waals surface area contributed by atoms with Crippen molar-refractivity contribution in [3.05, 3.63) is 23.8 Å². The number of benzene rings is 1. The van der Waals surface area contributed by atoms with Crippen LogP contribution < -0.4 is 5.32 Å². The van der Waals surface area contributed by atoms with Crippen molar-refractivity contribution >= 4 is 15.7 Å². The van der Waals surface area contributed by atoms with Gasteiger partial charge < -0.3 is 5.32 Å². The summed E-state index contributed by atoms with van der Waals surface area (Å²) in [6.07, 6.45) is 3.97. The third-order valence-electron chi connectivity index (χ3n) is 3.95. The molecule has 1 aliphatic heterocycles. The Hall–Kier alpha value is -1.07. The maximum absolute atomic E-state index is 12.9. The molecular formula is C16H26N2O2S. The zero-order chi connectivity index (χ0) is 15.5. The topological polar surface area (TPSA) is 49.4 Å². The van der Waals surface area contributed by atoms with E-state index >= 15 is 0 Å². The van der Waals surface area contributed by atoms with Crippen molar-refractivity contribution < 1.29 is 8.42 Å². The Morgan fingerprint density at radius 3 is 2.71 bits per heavy atom. The summed E-state index contributed by atoms with van der Waals surface area (Å²) in [6.45, 7) is 7.50. The van der Waals surface area contributed by atoms with Crippen molar-refractivity contribution in [3.63, 3.8) is 0 Å². The predicted octanol–water partition coefficient (Wildman–Crippen LogP) is 3.24. The molecule has 1 aromatic rings. The zero-order valence-electron chi connectivity index (χ0n) is 13.2. The molecular weight excluding hydrogens is 284 g/mol. The van der Waals surface area contributed by atoms with E-state index in [1.165, 1.54) is 0 Å². The molecule has 0 saturated carbocycles. The van der Waals surface area contributed by atoms with Gasteiger partial charge in [-0.1, -0.05) is 19.8 Å². The van der Waals surface area contributed by atoms with Crippen molar-refractivity contribution in [1.82, 2.24) is 4.31 Å². The van der Waals surface area contributed by atoms with Crippen molar-refractivity contribution in [2.24, 2.45) is 0 Å². The molecule has 1 heterocycles. The van der Waals surface area contributed by atoms with Gasteiger partial charge in [0.2, 0.25) is 10.0 Å². The average Bonchev–Trinajstić information content (AvgIpc) is 2.90. The first-order chi connectivity index (χ1) is 9.96. The van der Waals surface area contributed by atoms with E-state index in [0.29, 0.717) is 11.4 Å². The van der Waals surface area contributed by atoms with E-state index in [1.807, 2.05) is 26.0 Å². The molecule has 1 N–H and O–H groups in total. The quantitative estimate of drug-likeness (QED) is 0.787. The SMILES string of the molecule is CCCCCN(C(C)C)S(=O)(=O)c1ccc2c(c1)CCN2. The van der Waals surface area contributed by atoms with Crippen LogP contribution >= 0.6 is 0 Å². The summed E-state index contributed by atoms with van der Waals surface area (Å²) in [4.78, 5) is 0.426. The van der Waals surface area contributed by atoms with E-state index in [2.05, 4.69) is 12.2 Å². The fraction of sp³-hybridized carbons (Fsp3) is 0.625. The lowest BCUT2D eigenvalue weighted by molar-refractivity contribution is 0.345. The Bertz CT molecular complexity index is 582. The van der Waals surface area contributed by atoms with Gasteiger partial charge in [0, 0.05) is 24.8 Å². The molecule has 0 radical (unpaired) electrons. The van der Waals surface area contributed by atoms with E-state index in [4.69, 9.17) is 0 Å². The number of nitrogens with one attached hydrogen (secondary N) is 1. The molecule has 0 fully saturated rings. The van der Waals surface area contributed by atoms with Crippen molar-refractivity contribution in [2.75, 3.05) is 18.4 Å². The highest BCUT2D eigenvalue weighted by Crippen LogP contribution is 2.27. The molecule has 0 spiro atoms. The predicted molar refractivity (Wildman–Crippen MR) is 87.2 cm³/mol. The molecule has 2 rings (SSSR count). The molecule has 0 saturated heterocycles. The summed E-state index contributed by atoms with van der Waals surface area (Å²) in [5.41, 5.74) is 2.17. The summed E-state index contributed by atoms with van der Waals surface area (Å²) in [5.74, 6) is 0. The largest absolute Gasteiger partial charge is 0.384 e. The monoisotopic (exact) mass is 310 g/mol. The fourth-order valence-electron chi connectivity index (χ4n) is 2.75. The molecule has 5 heteroatoms. The molecule has 1 aliphatic rings. The van der Waals surface area contributed by atoms with E-state index in [9.17, 15) is 8.42 Å². The number of anilines is 1. The first kappa shape index (κ1) is 16.3. The number of hydrogen-bond donors (Lipinski definition) is 1. The van der Waals surface area contributed by atoms with E-state index in [-0.39, 0.29) is 6.04 Å². The van der Waals surface area contributed by atoms with Crippen LogP contribution in [-0.4, -0.2) is 31.9 Å². The summed E-state index contributed by atoms with van der Waals surface area (Å²) >= 11 is 0. The number of unbranched alkanes of at least 4 members (excludes halogenated alkanes) is 2. The average molecular weight is 310 g/mol. The number of nitrogens with zero attached hydrogens (tertiary/aromatic N) is 1. The highest BCUT2D eigenvalue weighted by atomic mass is 32.2. The second-order valence-electron chi connectivity index (χ2n) is 5.91. The first-order valence-corrected chi connectivity index (χ1v) is 9.29. The maximum Gasteiger partial charge on any atom is 0.243 e. The molecule has 0 aliphatic carbocycles. The number of sulfonamides is 1. The smallest absolute Gasteiger partial charge is 0.243 e. The molecule has 118 valence electrons. The standard InChI is InChI=1S/C16H26N2O2S/c1-4-5-6-11-18(13(2)3)21(19,20)15-7-8-16-14(12-15)9-10-17-16/h7-8,12-13,17H,4-6,9-11H2,1-3H3. The van der Waals surface area contributed by atoms with Crippen LogP contribution in [0, 0.1) is 0 Å². The van der Waals surface area contributed by atoms with Crippen LogP contribution in [0.1, 0.15) is 45.6 Å². The van der Waals surface area contributed by atoms with Gasteiger partial charge >= 0.3 is 0 Å². The van der Waals surface area contributed by atoms with E-state index in [0.717, 1.165) is 43.5 Å². The van der Waals surface area contributed by atoms with Crippen LogP contribution in [0.25, 0.3) is 0 Å². The second kappa shape index (κ2) is 6.79. The highest BCUT2D eigenvalue weighted by Gasteiger charge is 2.27. The molecule has 0 aromatic heterocycles. The van der Waals surface area contributed by atoms with Gasteiger partial charge in [0.25, 0.3) is 0 Å². The van der Waals surface area contributed by atoms with Crippen LogP contribution in [0.3, 0.4) is 0 Å². The van der Waals surface area contributed by atoms with Gasteiger partial charge in [-0.15, -0.1) is 0 Å². The lowest BCUT2D eigenvalue weighted by Gasteiger charge is -2.26. The molecule has 21 heavy (non-hydrogen) atoms. The first-order valence-electron chi connectivity index (χ1n) is 7.85.